The van der Waals surface area contributed by atoms with Gasteiger partial charge < -0.3 is 20.2 Å². The summed E-state index contributed by atoms with van der Waals surface area (Å²) in [7, 11) is 0. The largest absolute Gasteiger partial charge is 0.469 e. The highest BCUT2D eigenvalue weighted by molar-refractivity contribution is 14.0. The maximum absolute atomic E-state index is 10.1. The molecule has 0 amide bonds. The minimum atomic E-state index is -0.662. The average molecular weight is 442 g/mol. The summed E-state index contributed by atoms with van der Waals surface area (Å²) in [6, 6.07) is 7.36. The van der Waals surface area contributed by atoms with Crippen molar-refractivity contribution in [3.05, 3.63) is 66.9 Å². The Morgan fingerprint density at radius 1 is 1.33 bits per heavy atom. The lowest BCUT2D eigenvalue weighted by Gasteiger charge is -2.13. The summed E-state index contributed by atoms with van der Waals surface area (Å²) >= 11 is 0. The van der Waals surface area contributed by atoms with E-state index in [-0.39, 0.29) is 30.5 Å². The molecule has 2 rings (SSSR count). The maximum Gasteiger partial charge on any atom is 0.191 e. The fourth-order valence-electron chi connectivity index (χ4n) is 1.97. The van der Waals surface area contributed by atoms with Crippen molar-refractivity contribution in [1.29, 1.82) is 0 Å². The molecule has 6 nitrogen and oxygen atoms in total. The summed E-state index contributed by atoms with van der Waals surface area (Å²) in [5.74, 6) is 1.54. The van der Waals surface area contributed by atoms with Crippen LogP contribution in [0.2, 0.25) is 0 Å². The van der Waals surface area contributed by atoms with Crippen LogP contribution in [-0.2, 0) is 6.42 Å². The summed E-state index contributed by atoms with van der Waals surface area (Å²) in [5.41, 5.74) is 0.794. The van der Waals surface area contributed by atoms with Crippen LogP contribution < -0.4 is 10.6 Å². The fourth-order valence-corrected chi connectivity index (χ4v) is 1.97. The minimum Gasteiger partial charge on any atom is -0.469 e. The molecule has 1 atom stereocenters. The van der Waals surface area contributed by atoms with Crippen molar-refractivity contribution in [2.75, 3.05) is 19.6 Å². The molecule has 0 aliphatic carbocycles. The van der Waals surface area contributed by atoms with E-state index in [2.05, 4.69) is 27.2 Å². The first kappa shape index (κ1) is 20.2. The van der Waals surface area contributed by atoms with E-state index in [1.807, 2.05) is 12.1 Å². The van der Waals surface area contributed by atoms with E-state index in [4.69, 9.17) is 4.42 Å². The van der Waals surface area contributed by atoms with Crippen LogP contribution in [-0.4, -0.2) is 35.7 Å². The smallest absolute Gasteiger partial charge is 0.191 e. The third kappa shape index (κ3) is 7.14. The van der Waals surface area contributed by atoms with Crippen LogP contribution in [0.5, 0.6) is 0 Å². The molecule has 3 N–H and O–H groups in total. The molecule has 0 fully saturated rings. The van der Waals surface area contributed by atoms with Crippen molar-refractivity contribution in [3.63, 3.8) is 0 Å². The molecule has 0 radical (unpaired) electrons. The number of aliphatic hydroxyl groups excluding tert-OH is 1. The second kappa shape index (κ2) is 11.6. The van der Waals surface area contributed by atoms with Gasteiger partial charge in [0.05, 0.1) is 18.9 Å². The van der Waals surface area contributed by atoms with Crippen molar-refractivity contribution in [2.24, 2.45) is 4.99 Å². The molecule has 24 heavy (non-hydrogen) atoms. The summed E-state index contributed by atoms with van der Waals surface area (Å²) in [4.78, 5) is 8.34. The minimum absolute atomic E-state index is 0. The topological polar surface area (TPSA) is 82.7 Å². The van der Waals surface area contributed by atoms with Crippen LogP contribution in [0.15, 0.2) is 65.0 Å². The predicted octanol–water partition coefficient (Wildman–Crippen LogP) is 2.29. The van der Waals surface area contributed by atoms with Crippen molar-refractivity contribution in [3.8, 4) is 0 Å². The van der Waals surface area contributed by atoms with E-state index in [1.54, 1.807) is 36.9 Å². The van der Waals surface area contributed by atoms with Crippen LogP contribution in [0.4, 0.5) is 0 Å². The van der Waals surface area contributed by atoms with Gasteiger partial charge in [-0.1, -0.05) is 6.08 Å². The molecule has 2 aromatic rings. The molecule has 0 saturated carbocycles. The molecule has 7 heteroatoms. The summed E-state index contributed by atoms with van der Waals surface area (Å²) in [6.07, 6.45) is 6.82. The van der Waals surface area contributed by atoms with Gasteiger partial charge in [0.1, 0.15) is 5.76 Å². The highest BCUT2D eigenvalue weighted by Gasteiger charge is 2.07. The molecule has 2 heterocycles. The van der Waals surface area contributed by atoms with Gasteiger partial charge in [0.2, 0.25) is 0 Å². The van der Waals surface area contributed by atoms with E-state index in [1.165, 1.54) is 0 Å². The average Bonchev–Trinajstić information content (AvgIpc) is 3.10. The lowest BCUT2D eigenvalue weighted by atomic mass is 10.1. The molecule has 0 aliphatic heterocycles. The van der Waals surface area contributed by atoms with E-state index >= 15 is 0 Å². The first-order chi connectivity index (χ1) is 11.3. The third-order valence-corrected chi connectivity index (χ3v) is 3.17. The van der Waals surface area contributed by atoms with Crippen LogP contribution in [0.25, 0.3) is 0 Å². The number of aliphatic imine (C=N–C) groups is 1. The number of rotatable bonds is 8. The Balaban J connectivity index is 0.00000288. The number of nitrogens with zero attached hydrogens (tertiary/aromatic N) is 2. The Labute approximate surface area is 159 Å². The van der Waals surface area contributed by atoms with Crippen molar-refractivity contribution in [1.82, 2.24) is 15.6 Å². The fraction of sp³-hybridized carbons (Fsp3) is 0.294. The van der Waals surface area contributed by atoms with Gasteiger partial charge in [-0.2, -0.15) is 0 Å². The van der Waals surface area contributed by atoms with E-state index in [0.29, 0.717) is 19.0 Å². The number of pyridine rings is 1. The molecule has 2 aromatic heterocycles. The molecular weight excluding hydrogens is 419 g/mol. The number of furan rings is 1. The zero-order valence-corrected chi connectivity index (χ0v) is 15.7. The van der Waals surface area contributed by atoms with E-state index < -0.39 is 6.10 Å². The number of guanidine groups is 1. The molecular formula is C17H23IN4O2. The van der Waals surface area contributed by atoms with Crippen molar-refractivity contribution >= 4 is 29.9 Å². The third-order valence-electron chi connectivity index (χ3n) is 3.17. The Morgan fingerprint density at radius 3 is 2.79 bits per heavy atom. The number of hydrogen-bond donors (Lipinski definition) is 3. The Morgan fingerprint density at radius 2 is 2.12 bits per heavy atom. The first-order valence-corrected chi connectivity index (χ1v) is 7.53. The molecule has 1 unspecified atom stereocenters. The van der Waals surface area contributed by atoms with E-state index in [0.717, 1.165) is 17.7 Å². The lowest BCUT2D eigenvalue weighted by Crippen LogP contribution is -2.38. The molecule has 0 saturated heterocycles. The van der Waals surface area contributed by atoms with Gasteiger partial charge in [-0.25, -0.2) is 0 Å². The van der Waals surface area contributed by atoms with Gasteiger partial charge in [0.15, 0.2) is 5.96 Å². The van der Waals surface area contributed by atoms with Gasteiger partial charge in [0, 0.05) is 31.9 Å². The highest BCUT2D eigenvalue weighted by Crippen LogP contribution is 2.10. The Bertz CT molecular complexity index is 602. The number of nitrogens with one attached hydrogen (secondary N) is 2. The number of halogens is 1. The Hall–Kier alpha value is -1.87. The standard InChI is InChI=1S/C17H22N4O2.HI/c1-2-8-19-17(20-11-7-15-4-3-12-23-15)21-13-16(22)14-5-9-18-10-6-14;/h2-6,9-10,12,16,22H,1,7-8,11,13H2,(H2,19,20,21);1H. The SMILES string of the molecule is C=CCNC(=NCC(O)c1ccncc1)NCCc1ccco1.I. The monoisotopic (exact) mass is 442 g/mol. The second-order valence-electron chi connectivity index (χ2n) is 4.91. The molecule has 0 aromatic carbocycles. The summed E-state index contributed by atoms with van der Waals surface area (Å²) < 4.78 is 5.29. The second-order valence-corrected chi connectivity index (χ2v) is 4.91. The molecule has 0 bridgehead atoms. The van der Waals surface area contributed by atoms with Crippen LogP contribution >= 0.6 is 24.0 Å². The molecule has 130 valence electrons. The normalized spacial score (nSPS) is 12.1. The molecule has 0 aliphatic rings. The number of aromatic nitrogens is 1. The van der Waals surface area contributed by atoms with Crippen LogP contribution in [0.3, 0.4) is 0 Å². The van der Waals surface area contributed by atoms with Crippen LogP contribution in [0.1, 0.15) is 17.4 Å². The van der Waals surface area contributed by atoms with E-state index in [9.17, 15) is 5.11 Å². The quantitative estimate of drug-likeness (QED) is 0.253. The van der Waals surface area contributed by atoms with Gasteiger partial charge in [-0.05, 0) is 29.8 Å². The predicted molar refractivity (Wildman–Crippen MR) is 106 cm³/mol. The number of hydrogen-bond acceptors (Lipinski definition) is 4. The van der Waals surface area contributed by atoms with Gasteiger partial charge in [-0.3, -0.25) is 9.98 Å². The molecule has 0 spiro atoms. The Kier molecular flexibility index (Phi) is 9.78. The maximum atomic E-state index is 10.1. The van der Waals surface area contributed by atoms with Gasteiger partial charge in [0.25, 0.3) is 0 Å². The lowest BCUT2D eigenvalue weighted by molar-refractivity contribution is 0.187. The van der Waals surface area contributed by atoms with Crippen LogP contribution in [0, 0.1) is 0 Å². The number of aliphatic hydroxyl groups is 1. The van der Waals surface area contributed by atoms with Crippen molar-refractivity contribution in [2.45, 2.75) is 12.5 Å². The van der Waals surface area contributed by atoms with Gasteiger partial charge in [-0.15, -0.1) is 30.6 Å². The van der Waals surface area contributed by atoms with Crippen molar-refractivity contribution < 1.29 is 9.52 Å². The summed E-state index contributed by atoms with van der Waals surface area (Å²) in [5, 5.41) is 16.5. The highest BCUT2D eigenvalue weighted by atomic mass is 127. The zero-order chi connectivity index (χ0) is 16.3. The first-order valence-electron chi connectivity index (χ1n) is 7.53. The summed E-state index contributed by atoms with van der Waals surface area (Å²) in [6.45, 7) is 5.22. The van der Waals surface area contributed by atoms with Gasteiger partial charge >= 0.3 is 0 Å². The zero-order valence-electron chi connectivity index (χ0n) is 13.4.